The number of carbonyl (C=O) groups excluding carboxylic acids is 1. The van der Waals surface area contributed by atoms with E-state index in [4.69, 9.17) is 16.3 Å². The van der Waals surface area contributed by atoms with E-state index >= 15 is 0 Å². The van der Waals surface area contributed by atoms with Gasteiger partial charge in [-0.2, -0.15) is 5.10 Å². The van der Waals surface area contributed by atoms with E-state index in [1.54, 1.807) is 30.1 Å². The maximum Gasteiger partial charge on any atom is 0.274 e. The van der Waals surface area contributed by atoms with Crippen molar-refractivity contribution in [2.45, 2.75) is 18.9 Å². The van der Waals surface area contributed by atoms with Crippen LogP contribution < -0.4 is 10.1 Å². The molecule has 1 aliphatic heterocycles. The van der Waals surface area contributed by atoms with Gasteiger partial charge in [0.15, 0.2) is 0 Å². The molecule has 26 heavy (non-hydrogen) atoms. The molecule has 0 radical (unpaired) electrons. The van der Waals surface area contributed by atoms with Crippen LogP contribution in [0.15, 0.2) is 36.5 Å². The second-order valence-electron chi connectivity index (χ2n) is 6.21. The van der Waals surface area contributed by atoms with Gasteiger partial charge in [-0.25, -0.2) is 0 Å². The van der Waals surface area contributed by atoms with Gasteiger partial charge in [0.25, 0.3) is 5.91 Å². The van der Waals surface area contributed by atoms with Crippen molar-refractivity contribution in [2.24, 2.45) is 0 Å². The lowest BCUT2D eigenvalue weighted by molar-refractivity contribution is 0.0766. The van der Waals surface area contributed by atoms with E-state index in [2.05, 4.69) is 10.4 Å². The van der Waals surface area contributed by atoms with E-state index in [1.807, 2.05) is 23.0 Å². The summed E-state index contributed by atoms with van der Waals surface area (Å²) < 4.78 is 7.53. The summed E-state index contributed by atoms with van der Waals surface area (Å²) in [6.45, 7) is 2.86. The fourth-order valence-corrected chi connectivity index (χ4v) is 2.97. The number of hydrogen-bond donors (Lipinski definition) is 1. The number of ether oxygens (including phenoxy) is 1. The van der Waals surface area contributed by atoms with Crippen LogP contribution in [0.1, 0.15) is 29.4 Å². The molecule has 1 aliphatic rings. The number of piperidine rings is 1. The summed E-state index contributed by atoms with van der Waals surface area (Å²) in [6, 6.07) is 9.28. The molecular formula is C18H24Cl2N4O2. The Kier molecular flexibility index (Phi) is 7.75. The van der Waals surface area contributed by atoms with Crippen molar-refractivity contribution in [2.75, 3.05) is 33.3 Å². The Bertz CT molecular complexity index is 699. The van der Waals surface area contributed by atoms with Gasteiger partial charge in [-0.15, -0.1) is 12.4 Å². The lowest BCUT2D eigenvalue weighted by atomic mass is 10.1. The Hall–Kier alpha value is -1.76. The highest BCUT2D eigenvalue weighted by Gasteiger charge is 2.19. The predicted molar refractivity (Wildman–Crippen MR) is 105 cm³/mol. The van der Waals surface area contributed by atoms with E-state index in [0.29, 0.717) is 29.9 Å². The van der Waals surface area contributed by atoms with Gasteiger partial charge in [-0.05, 0) is 49.7 Å². The van der Waals surface area contributed by atoms with Crippen LogP contribution in [-0.4, -0.2) is 53.9 Å². The number of hydrogen-bond acceptors (Lipinski definition) is 4. The number of benzene rings is 1. The monoisotopic (exact) mass is 398 g/mol. The van der Waals surface area contributed by atoms with Crippen LogP contribution in [0.25, 0.3) is 0 Å². The van der Waals surface area contributed by atoms with Crippen LogP contribution in [0.3, 0.4) is 0 Å². The first-order valence-corrected chi connectivity index (χ1v) is 8.91. The number of aromatic nitrogens is 2. The molecule has 0 spiro atoms. The number of carbonyl (C=O) groups is 1. The first kappa shape index (κ1) is 20.6. The van der Waals surface area contributed by atoms with E-state index in [0.717, 1.165) is 31.7 Å². The zero-order chi connectivity index (χ0) is 17.6. The van der Waals surface area contributed by atoms with E-state index in [9.17, 15) is 4.79 Å². The maximum absolute atomic E-state index is 12.5. The Morgan fingerprint density at radius 3 is 2.85 bits per heavy atom. The third-order valence-electron chi connectivity index (χ3n) is 4.33. The topological polar surface area (TPSA) is 59.4 Å². The third-order valence-corrected chi connectivity index (χ3v) is 4.58. The molecule has 1 atom stereocenters. The summed E-state index contributed by atoms with van der Waals surface area (Å²) in [4.78, 5) is 14.1. The minimum Gasteiger partial charge on any atom is -0.492 e. The Morgan fingerprint density at radius 1 is 1.38 bits per heavy atom. The summed E-state index contributed by atoms with van der Waals surface area (Å²) in [5.74, 6) is 0.640. The quantitative estimate of drug-likeness (QED) is 0.811. The Morgan fingerprint density at radius 2 is 2.15 bits per heavy atom. The zero-order valence-corrected chi connectivity index (χ0v) is 16.3. The molecule has 1 unspecified atom stereocenters. The number of nitrogens with zero attached hydrogens (tertiary/aromatic N) is 3. The fourth-order valence-electron chi connectivity index (χ4n) is 2.84. The van der Waals surface area contributed by atoms with Crippen LogP contribution in [-0.2, 0) is 0 Å². The number of rotatable bonds is 6. The van der Waals surface area contributed by atoms with Gasteiger partial charge in [0, 0.05) is 24.8 Å². The molecule has 2 heterocycles. The first-order chi connectivity index (χ1) is 12.1. The van der Waals surface area contributed by atoms with Gasteiger partial charge >= 0.3 is 0 Å². The summed E-state index contributed by atoms with van der Waals surface area (Å²) in [6.07, 6.45) is 4.12. The van der Waals surface area contributed by atoms with Gasteiger partial charge in [0.1, 0.15) is 18.1 Å². The van der Waals surface area contributed by atoms with Gasteiger partial charge < -0.3 is 15.0 Å². The maximum atomic E-state index is 12.5. The van der Waals surface area contributed by atoms with Gasteiger partial charge in [0.05, 0.1) is 12.6 Å². The first-order valence-electron chi connectivity index (χ1n) is 8.53. The molecule has 1 aromatic carbocycles. The standard InChI is InChI=1S/C18H23ClN4O2.ClH/c1-22(11-12-25-16-6-4-14(19)5-7-16)18(24)17-8-10-23(21-17)15-3-2-9-20-13-15;/h4-8,10,15,20H,2-3,9,11-13H2,1H3;1H. The largest absolute Gasteiger partial charge is 0.492 e. The van der Waals surface area contributed by atoms with Crippen molar-refractivity contribution in [3.63, 3.8) is 0 Å². The minimum atomic E-state index is -0.0952. The van der Waals surface area contributed by atoms with Crippen molar-refractivity contribution >= 4 is 29.9 Å². The van der Waals surface area contributed by atoms with Crippen molar-refractivity contribution in [1.29, 1.82) is 0 Å². The molecule has 0 aliphatic carbocycles. The smallest absolute Gasteiger partial charge is 0.274 e. The molecule has 0 saturated carbocycles. The lowest BCUT2D eigenvalue weighted by Gasteiger charge is -2.23. The molecule has 3 rings (SSSR count). The van der Waals surface area contributed by atoms with E-state index in [1.165, 1.54) is 0 Å². The second-order valence-corrected chi connectivity index (χ2v) is 6.65. The molecule has 1 fully saturated rings. The summed E-state index contributed by atoms with van der Waals surface area (Å²) in [5.41, 5.74) is 0.472. The van der Waals surface area contributed by atoms with Crippen LogP contribution in [0, 0.1) is 0 Å². The molecule has 1 saturated heterocycles. The predicted octanol–water partition coefficient (Wildman–Crippen LogP) is 3.03. The third kappa shape index (κ3) is 5.37. The van der Waals surface area contributed by atoms with Gasteiger partial charge in [-0.3, -0.25) is 9.48 Å². The average Bonchev–Trinajstić information content (AvgIpc) is 3.13. The SMILES string of the molecule is CN(CCOc1ccc(Cl)cc1)C(=O)c1ccn(C2CCCNC2)n1.Cl. The molecular weight excluding hydrogens is 375 g/mol. The Balaban J connectivity index is 0.00000243. The molecule has 0 bridgehead atoms. The van der Waals surface area contributed by atoms with Crippen LogP contribution in [0.4, 0.5) is 0 Å². The van der Waals surface area contributed by atoms with Crippen molar-refractivity contribution < 1.29 is 9.53 Å². The molecule has 1 N–H and O–H groups in total. The van der Waals surface area contributed by atoms with Crippen LogP contribution >= 0.6 is 24.0 Å². The summed E-state index contributed by atoms with van der Waals surface area (Å²) in [7, 11) is 1.76. The van der Waals surface area contributed by atoms with Gasteiger partial charge in [0.2, 0.25) is 0 Å². The number of amides is 1. The van der Waals surface area contributed by atoms with Crippen molar-refractivity contribution in [3.8, 4) is 5.75 Å². The normalized spacial score (nSPS) is 16.6. The number of halogens is 2. The van der Waals surface area contributed by atoms with Crippen LogP contribution in [0.2, 0.25) is 5.02 Å². The zero-order valence-electron chi connectivity index (χ0n) is 14.7. The molecule has 8 heteroatoms. The molecule has 142 valence electrons. The van der Waals surface area contributed by atoms with E-state index in [-0.39, 0.29) is 18.3 Å². The highest BCUT2D eigenvalue weighted by Crippen LogP contribution is 2.17. The highest BCUT2D eigenvalue weighted by molar-refractivity contribution is 6.30. The Labute approximate surface area is 164 Å². The average molecular weight is 399 g/mol. The number of likely N-dealkylation sites (N-methyl/N-ethyl adjacent to an activating group) is 1. The molecule has 1 amide bonds. The summed E-state index contributed by atoms with van der Waals surface area (Å²) in [5, 5.41) is 8.49. The van der Waals surface area contributed by atoms with Crippen LogP contribution in [0.5, 0.6) is 5.75 Å². The second kappa shape index (κ2) is 9.80. The van der Waals surface area contributed by atoms with Gasteiger partial charge in [-0.1, -0.05) is 11.6 Å². The van der Waals surface area contributed by atoms with Crippen molar-refractivity contribution in [3.05, 3.63) is 47.2 Å². The molecule has 2 aromatic rings. The van der Waals surface area contributed by atoms with Crippen molar-refractivity contribution in [1.82, 2.24) is 20.0 Å². The minimum absolute atomic E-state index is 0. The van der Waals surface area contributed by atoms with E-state index < -0.39 is 0 Å². The highest BCUT2D eigenvalue weighted by atomic mass is 35.5. The summed E-state index contributed by atoms with van der Waals surface area (Å²) >= 11 is 5.84. The number of nitrogens with one attached hydrogen (secondary N) is 1. The lowest BCUT2D eigenvalue weighted by Crippen LogP contribution is -2.33. The fraction of sp³-hybridized carbons (Fsp3) is 0.444. The molecule has 1 aromatic heterocycles. The molecule has 6 nitrogen and oxygen atoms in total.